The molecule has 2 aliphatic heterocycles. The highest BCUT2D eigenvalue weighted by Crippen LogP contribution is 2.27. The molecular formula is C20H28N6O4. The smallest absolute Gasteiger partial charge is 0.274 e. The summed E-state index contributed by atoms with van der Waals surface area (Å²) in [6, 6.07) is 1.79. The van der Waals surface area contributed by atoms with E-state index in [0.29, 0.717) is 56.7 Å². The molecule has 162 valence electrons. The average molecular weight is 416 g/mol. The Kier molecular flexibility index (Phi) is 5.85. The van der Waals surface area contributed by atoms with Crippen molar-refractivity contribution >= 4 is 11.8 Å². The van der Waals surface area contributed by atoms with Crippen molar-refractivity contribution in [3.8, 4) is 0 Å². The molecule has 0 aliphatic carbocycles. The lowest BCUT2D eigenvalue weighted by molar-refractivity contribution is -0.137. The predicted molar refractivity (Wildman–Crippen MR) is 106 cm³/mol. The minimum atomic E-state index is -0.0806. The van der Waals surface area contributed by atoms with Crippen molar-refractivity contribution < 1.29 is 18.8 Å². The van der Waals surface area contributed by atoms with Gasteiger partial charge in [0.2, 0.25) is 11.8 Å². The Morgan fingerprint density at radius 3 is 2.67 bits per heavy atom. The number of hydrogen-bond donors (Lipinski definition) is 0. The van der Waals surface area contributed by atoms with Crippen molar-refractivity contribution in [2.75, 3.05) is 39.9 Å². The minimum Gasteiger partial charge on any atom is -0.381 e. The van der Waals surface area contributed by atoms with Gasteiger partial charge < -0.3 is 19.1 Å². The van der Waals surface area contributed by atoms with Gasteiger partial charge in [-0.3, -0.25) is 14.3 Å². The Morgan fingerprint density at radius 2 is 2.00 bits per heavy atom. The van der Waals surface area contributed by atoms with Gasteiger partial charge in [0, 0.05) is 65.0 Å². The van der Waals surface area contributed by atoms with Crippen LogP contribution in [-0.4, -0.2) is 81.4 Å². The van der Waals surface area contributed by atoms with Gasteiger partial charge in [-0.05, 0) is 25.8 Å². The molecule has 2 aromatic heterocycles. The molecule has 0 aromatic carbocycles. The molecule has 2 fully saturated rings. The fourth-order valence-electron chi connectivity index (χ4n) is 3.80. The van der Waals surface area contributed by atoms with Crippen LogP contribution in [0.25, 0.3) is 0 Å². The lowest BCUT2D eigenvalue weighted by Crippen LogP contribution is -2.48. The quantitative estimate of drug-likeness (QED) is 0.685. The third-order valence-corrected chi connectivity index (χ3v) is 5.95. The van der Waals surface area contributed by atoms with Crippen LogP contribution >= 0.6 is 0 Å². The van der Waals surface area contributed by atoms with Crippen molar-refractivity contribution in [2.24, 2.45) is 13.0 Å². The molecule has 4 heterocycles. The summed E-state index contributed by atoms with van der Waals surface area (Å²) in [5.41, 5.74) is 1.40. The molecular weight excluding hydrogens is 388 g/mol. The van der Waals surface area contributed by atoms with E-state index >= 15 is 0 Å². The number of nitrogens with zero attached hydrogens (tertiary/aromatic N) is 6. The third-order valence-electron chi connectivity index (χ3n) is 5.95. The predicted octanol–water partition coefficient (Wildman–Crippen LogP) is 0.779. The number of aromatic nitrogens is 4. The van der Waals surface area contributed by atoms with Gasteiger partial charge in [-0.25, -0.2) is 0 Å². The summed E-state index contributed by atoms with van der Waals surface area (Å²) < 4.78 is 12.4. The van der Waals surface area contributed by atoms with Crippen LogP contribution < -0.4 is 0 Å². The maximum atomic E-state index is 12.5. The molecule has 2 amide bonds. The minimum absolute atomic E-state index is 0.0432. The van der Waals surface area contributed by atoms with Gasteiger partial charge >= 0.3 is 0 Å². The monoisotopic (exact) mass is 416 g/mol. The van der Waals surface area contributed by atoms with Gasteiger partial charge in [0.25, 0.3) is 5.91 Å². The van der Waals surface area contributed by atoms with Gasteiger partial charge in [-0.2, -0.15) is 10.1 Å². The van der Waals surface area contributed by atoms with E-state index in [9.17, 15) is 9.59 Å². The van der Waals surface area contributed by atoms with Gasteiger partial charge in [-0.1, -0.05) is 5.16 Å². The average Bonchev–Trinajstić information content (AvgIpc) is 3.31. The Morgan fingerprint density at radius 1 is 1.27 bits per heavy atom. The van der Waals surface area contributed by atoms with Crippen molar-refractivity contribution in [3.05, 3.63) is 29.2 Å². The van der Waals surface area contributed by atoms with Crippen molar-refractivity contribution in [1.82, 2.24) is 29.7 Å². The Hall–Kier alpha value is -2.75. The SMILES string of the molecule is Cc1cc(C(=O)N2CC(c3nc(CCN(C)C(=O)C4CCOCC4)no3)C2)nn1C. The molecule has 0 spiro atoms. The number of carbonyl (C=O) groups excluding carboxylic acids is 2. The van der Waals surface area contributed by atoms with Crippen LogP contribution in [-0.2, 0) is 23.0 Å². The molecule has 4 rings (SSSR count). The standard InChI is InChI=1S/C20H28N6O4/c1-13-10-16(22-25(13)3)20(28)26-11-15(12-26)18-21-17(23-30-18)4-7-24(2)19(27)14-5-8-29-9-6-14/h10,14-15H,4-9,11-12H2,1-3H3. The number of rotatable bonds is 6. The molecule has 0 saturated carbocycles. The third kappa shape index (κ3) is 4.23. The normalized spacial score (nSPS) is 17.8. The van der Waals surface area contributed by atoms with Gasteiger partial charge in [0.15, 0.2) is 11.5 Å². The summed E-state index contributed by atoms with van der Waals surface area (Å²) in [7, 11) is 3.63. The second-order valence-electron chi connectivity index (χ2n) is 8.15. The number of aryl methyl sites for hydroxylation is 2. The van der Waals surface area contributed by atoms with E-state index < -0.39 is 0 Å². The molecule has 2 saturated heterocycles. The first-order valence-corrected chi connectivity index (χ1v) is 10.4. The molecule has 0 radical (unpaired) electrons. The van der Waals surface area contributed by atoms with Crippen molar-refractivity contribution in [1.29, 1.82) is 0 Å². The lowest BCUT2D eigenvalue weighted by atomic mass is 9.99. The Balaban J connectivity index is 1.25. The first kappa shape index (κ1) is 20.5. The Bertz CT molecular complexity index is 891. The first-order chi connectivity index (χ1) is 14.4. The molecule has 0 bridgehead atoms. The van der Waals surface area contributed by atoms with E-state index in [1.807, 2.05) is 21.0 Å². The van der Waals surface area contributed by atoms with Crippen LogP contribution in [0.15, 0.2) is 10.6 Å². The number of hydrogen-bond acceptors (Lipinski definition) is 7. The summed E-state index contributed by atoms with van der Waals surface area (Å²) in [5.74, 6) is 1.29. The fraction of sp³-hybridized carbons (Fsp3) is 0.650. The van der Waals surface area contributed by atoms with Crippen molar-refractivity contribution in [2.45, 2.75) is 32.1 Å². The van der Waals surface area contributed by atoms with Gasteiger partial charge in [-0.15, -0.1) is 0 Å². The number of likely N-dealkylation sites (N-methyl/N-ethyl adjacent to an activating group) is 1. The summed E-state index contributed by atoms with van der Waals surface area (Å²) in [5, 5.41) is 8.28. The highest BCUT2D eigenvalue weighted by molar-refractivity contribution is 5.93. The van der Waals surface area contributed by atoms with Crippen LogP contribution in [0.2, 0.25) is 0 Å². The Labute approximate surface area is 175 Å². The largest absolute Gasteiger partial charge is 0.381 e. The van der Waals surface area contributed by atoms with Crippen LogP contribution in [0.4, 0.5) is 0 Å². The molecule has 10 heteroatoms. The second-order valence-corrected chi connectivity index (χ2v) is 8.15. The van der Waals surface area contributed by atoms with Crippen molar-refractivity contribution in [3.63, 3.8) is 0 Å². The number of amides is 2. The first-order valence-electron chi connectivity index (χ1n) is 10.4. The highest BCUT2D eigenvalue weighted by atomic mass is 16.5. The number of likely N-dealkylation sites (tertiary alicyclic amines) is 1. The van der Waals surface area contributed by atoms with E-state index in [2.05, 4.69) is 15.2 Å². The lowest BCUT2D eigenvalue weighted by Gasteiger charge is -2.36. The van der Waals surface area contributed by atoms with Gasteiger partial charge in [0.05, 0.1) is 5.92 Å². The zero-order valence-electron chi connectivity index (χ0n) is 17.7. The van der Waals surface area contributed by atoms with E-state index in [4.69, 9.17) is 9.26 Å². The maximum Gasteiger partial charge on any atom is 0.274 e. The molecule has 2 aromatic rings. The van der Waals surface area contributed by atoms with Crippen LogP contribution in [0.3, 0.4) is 0 Å². The summed E-state index contributed by atoms with van der Waals surface area (Å²) in [6.45, 7) is 4.84. The van der Waals surface area contributed by atoms with Crippen LogP contribution in [0.1, 0.15) is 46.7 Å². The fourth-order valence-corrected chi connectivity index (χ4v) is 3.80. The van der Waals surface area contributed by atoms with E-state index in [0.717, 1.165) is 18.5 Å². The molecule has 30 heavy (non-hydrogen) atoms. The summed E-state index contributed by atoms with van der Waals surface area (Å²) in [4.78, 5) is 32.9. The molecule has 0 unspecified atom stereocenters. The maximum absolute atomic E-state index is 12.5. The second kappa shape index (κ2) is 8.55. The zero-order chi connectivity index (χ0) is 21.3. The summed E-state index contributed by atoms with van der Waals surface area (Å²) >= 11 is 0. The number of ether oxygens (including phenoxy) is 1. The van der Waals surface area contributed by atoms with Gasteiger partial charge in [0.1, 0.15) is 0 Å². The molecule has 2 aliphatic rings. The van der Waals surface area contributed by atoms with E-state index in [1.165, 1.54) is 0 Å². The number of carbonyl (C=O) groups is 2. The molecule has 10 nitrogen and oxygen atoms in total. The van der Waals surface area contributed by atoms with E-state index in [1.54, 1.807) is 20.5 Å². The highest BCUT2D eigenvalue weighted by Gasteiger charge is 2.37. The van der Waals surface area contributed by atoms with Crippen LogP contribution in [0.5, 0.6) is 0 Å². The topological polar surface area (TPSA) is 107 Å². The van der Waals surface area contributed by atoms with E-state index in [-0.39, 0.29) is 23.7 Å². The molecule has 0 N–H and O–H groups in total. The van der Waals surface area contributed by atoms with Crippen LogP contribution in [0, 0.1) is 12.8 Å². The summed E-state index contributed by atoms with van der Waals surface area (Å²) in [6.07, 6.45) is 2.10. The molecule has 0 atom stereocenters. The zero-order valence-corrected chi connectivity index (χ0v) is 17.7.